The first kappa shape index (κ1) is 14.3. The van der Waals surface area contributed by atoms with Crippen molar-refractivity contribution in [1.29, 1.82) is 0 Å². The van der Waals surface area contributed by atoms with Gasteiger partial charge in [-0.15, -0.1) is 11.8 Å². The lowest BCUT2D eigenvalue weighted by molar-refractivity contribution is 0.597. The topological polar surface area (TPSA) is 58.2 Å². The van der Waals surface area contributed by atoms with Gasteiger partial charge in [-0.2, -0.15) is 0 Å². The second kappa shape index (κ2) is 6.88. The molecule has 0 aliphatic carbocycles. The minimum atomic E-state index is -3.22. The first-order valence-corrected chi connectivity index (χ1v) is 8.24. The lowest BCUT2D eigenvalue weighted by Crippen LogP contribution is -2.20. The highest BCUT2D eigenvalue weighted by molar-refractivity contribution is 7.98. The summed E-state index contributed by atoms with van der Waals surface area (Å²) in [5.41, 5.74) is 0.618. The van der Waals surface area contributed by atoms with Crippen molar-refractivity contribution in [1.82, 2.24) is 5.32 Å². The fraction of sp³-hybridized carbons (Fsp3) is 0.455. The van der Waals surface area contributed by atoms with Gasteiger partial charge in [-0.3, -0.25) is 4.72 Å². The second-order valence-electron chi connectivity index (χ2n) is 3.61. The summed E-state index contributed by atoms with van der Waals surface area (Å²) < 4.78 is 25.9. The smallest absolute Gasteiger partial charge is 0.232 e. The number of hydrogen-bond donors (Lipinski definition) is 2. The highest BCUT2D eigenvalue weighted by Gasteiger charge is 2.09. The molecular weight excluding hydrogens is 256 g/mol. The first-order chi connectivity index (χ1) is 8.07. The number of hydrogen-bond acceptors (Lipinski definition) is 4. The van der Waals surface area contributed by atoms with Gasteiger partial charge in [-0.1, -0.05) is 0 Å². The molecular formula is C11H18N2O2S2. The third-order valence-electron chi connectivity index (χ3n) is 2.20. The van der Waals surface area contributed by atoms with Crippen LogP contribution >= 0.6 is 11.8 Å². The summed E-state index contributed by atoms with van der Waals surface area (Å²) in [5, 5.41) is 2.92. The van der Waals surface area contributed by atoms with Gasteiger partial charge in [0.1, 0.15) is 0 Å². The molecule has 17 heavy (non-hydrogen) atoms. The van der Waals surface area contributed by atoms with E-state index in [2.05, 4.69) is 10.0 Å². The Hall–Kier alpha value is -0.720. The molecule has 0 unspecified atom stereocenters. The maximum Gasteiger partial charge on any atom is 0.232 e. The predicted molar refractivity (Wildman–Crippen MR) is 74.2 cm³/mol. The van der Waals surface area contributed by atoms with Crippen LogP contribution in [-0.4, -0.2) is 34.0 Å². The van der Waals surface area contributed by atoms with E-state index in [1.165, 1.54) is 0 Å². The Morgan fingerprint density at radius 2 is 1.88 bits per heavy atom. The normalized spacial score (nSPS) is 11.4. The Labute approximate surface area is 107 Å². The van der Waals surface area contributed by atoms with E-state index in [4.69, 9.17) is 0 Å². The SMILES string of the molecule is CNCCCS(=O)(=O)Nc1ccc(SC)cc1. The molecule has 4 nitrogen and oxygen atoms in total. The number of rotatable bonds is 7. The molecule has 0 heterocycles. The lowest BCUT2D eigenvalue weighted by Gasteiger charge is -2.08. The van der Waals surface area contributed by atoms with Crippen LogP contribution in [0.25, 0.3) is 0 Å². The summed E-state index contributed by atoms with van der Waals surface area (Å²) in [4.78, 5) is 1.11. The van der Waals surface area contributed by atoms with E-state index in [0.717, 1.165) is 4.90 Å². The van der Waals surface area contributed by atoms with Crippen molar-refractivity contribution in [2.75, 3.05) is 30.3 Å². The highest BCUT2D eigenvalue weighted by atomic mass is 32.2. The minimum Gasteiger partial charge on any atom is -0.320 e. The van der Waals surface area contributed by atoms with Crippen LogP contribution in [0.15, 0.2) is 29.2 Å². The molecule has 1 rings (SSSR count). The molecule has 0 saturated carbocycles. The first-order valence-electron chi connectivity index (χ1n) is 5.36. The van der Waals surface area contributed by atoms with Gasteiger partial charge in [0, 0.05) is 10.6 Å². The van der Waals surface area contributed by atoms with Crippen LogP contribution in [0, 0.1) is 0 Å². The van der Waals surface area contributed by atoms with Crippen LogP contribution < -0.4 is 10.0 Å². The molecule has 0 fully saturated rings. The summed E-state index contributed by atoms with van der Waals surface area (Å²) >= 11 is 1.63. The molecule has 1 aromatic carbocycles. The molecule has 0 saturated heterocycles. The molecule has 0 aliphatic heterocycles. The molecule has 0 spiro atoms. The fourth-order valence-electron chi connectivity index (χ4n) is 1.33. The van der Waals surface area contributed by atoms with Crippen LogP contribution in [0.5, 0.6) is 0 Å². The Balaban J connectivity index is 2.56. The summed E-state index contributed by atoms with van der Waals surface area (Å²) in [6.07, 6.45) is 2.59. The van der Waals surface area contributed by atoms with Crippen molar-refractivity contribution in [3.8, 4) is 0 Å². The maximum atomic E-state index is 11.7. The van der Waals surface area contributed by atoms with Crippen molar-refractivity contribution in [3.63, 3.8) is 0 Å². The van der Waals surface area contributed by atoms with Gasteiger partial charge >= 0.3 is 0 Å². The Bertz CT molecular complexity index is 429. The van der Waals surface area contributed by atoms with E-state index in [0.29, 0.717) is 18.7 Å². The van der Waals surface area contributed by atoms with E-state index in [9.17, 15) is 8.42 Å². The number of thioether (sulfide) groups is 1. The molecule has 6 heteroatoms. The van der Waals surface area contributed by atoms with Crippen molar-refractivity contribution >= 4 is 27.5 Å². The fourth-order valence-corrected chi connectivity index (χ4v) is 2.86. The van der Waals surface area contributed by atoms with E-state index in [1.54, 1.807) is 30.9 Å². The maximum absolute atomic E-state index is 11.7. The molecule has 0 aliphatic rings. The van der Waals surface area contributed by atoms with Gasteiger partial charge in [0.15, 0.2) is 0 Å². The second-order valence-corrected chi connectivity index (χ2v) is 6.33. The molecule has 0 amide bonds. The molecule has 1 aromatic rings. The zero-order valence-electron chi connectivity index (χ0n) is 10.1. The molecule has 2 N–H and O–H groups in total. The van der Waals surface area contributed by atoms with Crippen molar-refractivity contribution in [3.05, 3.63) is 24.3 Å². The van der Waals surface area contributed by atoms with E-state index in [1.807, 2.05) is 18.4 Å². The zero-order chi connectivity index (χ0) is 12.7. The highest BCUT2D eigenvalue weighted by Crippen LogP contribution is 2.18. The average Bonchev–Trinajstić information content (AvgIpc) is 2.30. The largest absolute Gasteiger partial charge is 0.320 e. The minimum absolute atomic E-state index is 0.137. The molecule has 0 radical (unpaired) electrons. The summed E-state index contributed by atoms with van der Waals surface area (Å²) in [7, 11) is -1.42. The van der Waals surface area contributed by atoms with Crippen LogP contribution in [0.3, 0.4) is 0 Å². The average molecular weight is 274 g/mol. The van der Waals surface area contributed by atoms with E-state index < -0.39 is 10.0 Å². The van der Waals surface area contributed by atoms with E-state index >= 15 is 0 Å². The monoisotopic (exact) mass is 274 g/mol. The van der Waals surface area contributed by atoms with Gasteiger partial charge in [-0.25, -0.2) is 8.42 Å². The van der Waals surface area contributed by atoms with Crippen LogP contribution in [0.2, 0.25) is 0 Å². The Morgan fingerprint density at radius 1 is 1.24 bits per heavy atom. The zero-order valence-corrected chi connectivity index (χ0v) is 11.7. The molecule has 0 atom stereocenters. The summed E-state index contributed by atoms with van der Waals surface area (Å²) in [6, 6.07) is 7.36. The molecule has 0 aromatic heterocycles. The Morgan fingerprint density at radius 3 is 2.41 bits per heavy atom. The number of benzene rings is 1. The molecule has 0 bridgehead atoms. The summed E-state index contributed by atoms with van der Waals surface area (Å²) in [6.45, 7) is 0.701. The van der Waals surface area contributed by atoms with Crippen LogP contribution in [-0.2, 0) is 10.0 Å². The van der Waals surface area contributed by atoms with Crippen LogP contribution in [0.4, 0.5) is 5.69 Å². The number of nitrogens with one attached hydrogen (secondary N) is 2. The van der Waals surface area contributed by atoms with Crippen molar-refractivity contribution < 1.29 is 8.42 Å². The van der Waals surface area contributed by atoms with Gasteiger partial charge < -0.3 is 5.32 Å². The quantitative estimate of drug-likeness (QED) is 0.587. The van der Waals surface area contributed by atoms with Gasteiger partial charge in [0.2, 0.25) is 10.0 Å². The molecule has 96 valence electrons. The Kier molecular flexibility index (Phi) is 5.80. The van der Waals surface area contributed by atoms with E-state index in [-0.39, 0.29) is 5.75 Å². The van der Waals surface area contributed by atoms with Gasteiger partial charge in [0.25, 0.3) is 0 Å². The number of anilines is 1. The van der Waals surface area contributed by atoms with Crippen LogP contribution in [0.1, 0.15) is 6.42 Å². The standard InChI is InChI=1S/C11H18N2O2S2/c1-12-8-3-9-17(14,15)13-10-4-6-11(16-2)7-5-10/h4-7,12-13H,3,8-9H2,1-2H3. The van der Waals surface area contributed by atoms with Crippen molar-refractivity contribution in [2.24, 2.45) is 0 Å². The third kappa shape index (κ3) is 5.43. The van der Waals surface area contributed by atoms with Gasteiger partial charge in [-0.05, 0) is 50.5 Å². The summed E-state index contributed by atoms with van der Waals surface area (Å²) in [5.74, 6) is 0.137. The van der Waals surface area contributed by atoms with Gasteiger partial charge in [0.05, 0.1) is 5.75 Å². The predicted octanol–water partition coefficient (Wildman–Crippen LogP) is 1.76. The lowest BCUT2D eigenvalue weighted by atomic mass is 10.3. The van der Waals surface area contributed by atoms with Crippen molar-refractivity contribution in [2.45, 2.75) is 11.3 Å². The number of sulfonamides is 1. The third-order valence-corrected chi connectivity index (χ3v) is 4.32.